The number of halogens is 2. The van der Waals surface area contributed by atoms with Crippen LogP contribution in [0.5, 0.6) is 5.75 Å². The number of hydrogen-bond acceptors (Lipinski definition) is 4. The van der Waals surface area contributed by atoms with E-state index in [1.165, 1.54) is 7.11 Å². The third-order valence-electron chi connectivity index (χ3n) is 3.99. The summed E-state index contributed by atoms with van der Waals surface area (Å²) in [5, 5.41) is 3.55. The lowest BCUT2D eigenvalue weighted by molar-refractivity contribution is -0.122. The molecule has 1 aliphatic heterocycles. The highest BCUT2D eigenvalue weighted by molar-refractivity contribution is 9.10. The van der Waals surface area contributed by atoms with Crippen LogP contribution >= 0.6 is 27.5 Å². The van der Waals surface area contributed by atoms with Gasteiger partial charge in [-0.1, -0.05) is 27.5 Å². The van der Waals surface area contributed by atoms with Crippen LogP contribution < -0.4 is 10.1 Å². The van der Waals surface area contributed by atoms with Gasteiger partial charge in [-0.15, -0.1) is 0 Å². The molecule has 1 heterocycles. The van der Waals surface area contributed by atoms with Gasteiger partial charge in [0.15, 0.2) is 0 Å². The second-order valence-corrected chi connectivity index (χ2v) is 7.15. The van der Waals surface area contributed by atoms with Gasteiger partial charge in [0.05, 0.1) is 18.7 Å². The molecule has 0 radical (unpaired) electrons. The SMILES string of the molecule is COC(=O)N1CCC(NC(=O)CCCOc2ccc(Br)cc2Cl)CC1. The van der Waals surface area contributed by atoms with E-state index in [9.17, 15) is 9.59 Å². The number of nitrogens with one attached hydrogen (secondary N) is 1. The van der Waals surface area contributed by atoms with Crippen LogP contribution in [0, 0.1) is 0 Å². The number of carbonyl (C=O) groups is 2. The average molecular weight is 434 g/mol. The van der Waals surface area contributed by atoms with E-state index in [4.69, 9.17) is 21.1 Å². The highest BCUT2D eigenvalue weighted by Crippen LogP contribution is 2.27. The number of methoxy groups -OCH3 is 1. The van der Waals surface area contributed by atoms with Gasteiger partial charge in [0, 0.05) is 30.0 Å². The second-order valence-electron chi connectivity index (χ2n) is 5.83. The molecule has 1 aliphatic rings. The van der Waals surface area contributed by atoms with Gasteiger partial charge in [0.1, 0.15) is 5.75 Å². The Morgan fingerprint density at radius 3 is 2.72 bits per heavy atom. The molecule has 25 heavy (non-hydrogen) atoms. The van der Waals surface area contributed by atoms with Crippen molar-refractivity contribution in [2.75, 3.05) is 26.8 Å². The summed E-state index contributed by atoms with van der Waals surface area (Å²) in [7, 11) is 1.37. The van der Waals surface area contributed by atoms with Gasteiger partial charge in [-0.05, 0) is 37.5 Å². The molecule has 1 aromatic rings. The maximum atomic E-state index is 12.0. The molecule has 2 rings (SSSR count). The standard InChI is InChI=1S/C17H22BrClN2O4/c1-24-17(23)21-8-6-13(7-9-21)20-16(22)3-2-10-25-15-5-4-12(18)11-14(15)19/h4-5,11,13H,2-3,6-10H2,1H3,(H,20,22). The third kappa shape index (κ3) is 6.40. The van der Waals surface area contributed by atoms with Crippen LogP contribution in [0.3, 0.4) is 0 Å². The summed E-state index contributed by atoms with van der Waals surface area (Å²) in [6.07, 6.45) is 2.18. The summed E-state index contributed by atoms with van der Waals surface area (Å²) in [5.74, 6) is 0.613. The molecule has 1 N–H and O–H groups in total. The lowest BCUT2D eigenvalue weighted by Gasteiger charge is -2.31. The predicted octanol–water partition coefficient (Wildman–Crippen LogP) is 3.61. The molecule has 0 bridgehead atoms. The number of ether oxygens (including phenoxy) is 2. The normalized spacial score (nSPS) is 14.9. The van der Waals surface area contributed by atoms with Gasteiger partial charge in [-0.2, -0.15) is 0 Å². The monoisotopic (exact) mass is 432 g/mol. The van der Waals surface area contributed by atoms with Crippen molar-refractivity contribution in [3.05, 3.63) is 27.7 Å². The number of likely N-dealkylation sites (tertiary alicyclic amines) is 1. The molecule has 0 unspecified atom stereocenters. The van der Waals surface area contributed by atoms with Crippen molar-refractivity contribution >= 4 is 39.5 Å². The molecular weight excluding hydrogens is 412 g/mol. The summed E-state index contributed by atoms with van der Waals surface area (Å²) >= 11 is 9.41. The molecule has 0 aliphatic carbocycles. The lowest BCUT2D eigenvalue weighted by Crippen LogP contribution is -2.46. The molecule has 138 valence electrons. The van der Waals surface area contributed by atoms with Crippen LogP contribution in [0.1, 0.15) is 25.7 Å². The fourth-order valence-corrected chi connectivity index (χ4v) is 3.37. The Morgan fingerprint density at radius 2 is 2.08 bits per heavy atom. The predicted molar refractivity (Wildman–Crippen MR) is 99.0 cm³/mol. The van der Waals surface area contributed by atoms with Crippen LogP contribution in [-0.4, -0.2) is 49.7 Å². The van der Waals surface area contributed by atoms with Gasteiger partial charge in [-0.25, -0.2) is 4.79 Å². The van der Waals surface area contributed by atoms with Crippen molar-refractivity contribution in [2.24, 2.45) is 0 Å². The largest absolute Gasteiger partial charge is 0.492 e. The minimum absolute atomic E-state index is 0.00187. The van der Waals surface area contributed by atoms with E-state index in [1.54, 1.807) is 17.0 Å². The summed E-state index contributed by atoms with van der Waals surface area (Å²) in [5.41, 5.74) is 0. The fourth-order valence-electron chi connectivity index (χ4n) is 2.64. The Hall–Kier alpha value is -1.47. The number of nitrogens with zero attached hydrogens (tertiary/aromatic N) is 1. The number of hydrogen-bond donors (Lipinski definition) is 1. The van der Waals surface area contributed by atoms with Crippen molar-refractivity contribution in [2.45, 2.75) is 31.7 Å². The van der Waals surface area contributed by atoms with Crippen molar-refractivity contribution in [3.63, 3.8) is 0 Å². The van der Waals surface area contributed by atoms with Crippen LogP contribution in [0.2, 0.25) is 5.02 Å². The highest BCUT2D eigenvalue weighted by Gasteiger charge is 2.23. The van der Waals surface area contributed by atoms with Crippen LogP contribution in [-0.2, 0) is 9.53 Å². The molecule has 6 nitrogen and oxygen atoms in total. The van der Waals surface area contributed by atoms with Crippen molar-refractivity contribution in [1.82, 2.24) is 10.2 Å². The Bertz CT molecular complexity index is 606. The van der Waals surface area contributed by atoms with E-state index in [0.29, 0.717) is 43.3 Å². The number of amides is 2. The summed E-state index contributed by atoms with van der Waals surface area (Å²) < 4.78 is 11.2. The zero-order valence-electron chi connectivity index (χ0n) is 14.1. The molecule has 0 atom stereocenters. The maximum Gasteiger partial charge on any atom is 0.409 e. The lowest BCUT2D eigenvalue weighted by atomic mass is 10.1. The second kappa shape index (κ2) is 9.87. The smallest absolute Gasteiger partial charge is 0.409 e. The molecule has 8 heteroatoms. The Labute approximate surface area is 160 Å². The molecule has 2 amide bonds. The Balaban J connectivity index is 1.62. The topological polar surface area (TPSA) is 67.9 Å². The first-order valence-corrected chi connectivity index (χ1v) is 9.37. The van der Waals surface area contributed by atoms with Gasteiger partial charge < -0.3 is 19.7 Å². The molecule has 0 aromatic heterocycles. The van der Waals surface area contributed by atoms with E-state index < -0.39 is 0 Å². The zero-order chi connectivity index (χ0) is 18.2. The molecule has 0 spiro atoms. The first-order valence-electron chi connectivity index (χ1n) is 8.19. The summed E-state index contributed by atoms with van der Waals surface area (Å²) in [6.45, 7) is 1.63. The van der Waals surface area contributed by atoms with E-state index in [0.717, 1.165) is 17.3 Å². The van der Waals surface area contributed by atoms with E-state index in [2.05, 4.69) is 21.2 Å². The average Bonchev–Trinajstić information content (AvgIpc) is 2.60. The molecular formula is C17H22BrClN2O4. The first-order chi connectivity index (χ1) is 12.0. The van der Waals surface area contributed by atoms with Crippen molar-refractivity contribution in [1.29, 1.82) is 0 Å². The van der Waals surface area contributed by atoms with Gasteiger partial charge in [0.25, 0.3) is 0 Å². The van der Waals surface area contributed by atoms with Gasteiger partial charge in [-0.3, -0.25) is 4.79 Å². The highest BCUT2D eigenvalue weighted by atomic mass is 79.9. The number of carbonyl (C=O) groups excluding carboxylic acids is 2. The van der Waals surface area contributed by atoms with E-state index in [1.807, 2.05) is 6.07 Å². The van der Waals surface area contributed by atoms with Crippen LogP contribution in [0.4, 0.5) is 4.79 Å². The van der Waals surface area contributed by atoms with Crippen molar-refractivity contribution < 1.29 is 19.1 Å². The summed E-state index contributed by atoms with van der Waals surface area (Å²) in [4.78, 5) is 25.1. The number of piperidine rings is 1. The molecule has 1 aromatic carbocycles. The molecule has 1 saturated heterocycles. The zero-order valence-corrected chi connectivity index (χ0v) is 16.4. The number of rotatable bonds is 6. The summed E-state index contributed by atoms with van der Waals surface area (Å²) in [6, 6.07) is 5.52. The van der Waals surface area contributed by atoms with Gasteiger partial charge in [0.2, 0.25) is 5.91 Å². The number of benzene rings is 1. The quantitative estimate of drug-likeness (QED) is 0.696. The van der Waals surface area contributed by atoms with Crippen LogP contribution in [0.25, 0.3) is 0 Å². The van der Waals surface area contributed by atoms with E-state index in [-0.39, 0.29) is 18.0 Å². The fraction of sp³-hybridized carbons (Fsp3) is 0.529. The minimum Gasteiger partial charge on any atom is -0.492 e. The van der Waals surface area contributed by atoms with E-state index >= 15 is 0 Å². The minimum atomic E-state index is -0.312. The van der Waals surface area contributed by atoms with Gasteiger partial charge >= 0.3 is 6.09 Å². The molecule has 1 fully saturated rings. The van der Waals surface area contributed by atoms with Crippen molar-refractivity contribution in [3.8, 4) is 5.75 Å². The van der Waals surface area contributed by atoms with Crippen LogP contribution in [0.15, 0.2) is 22.7 Å². The first kappa shape index (κ1) is 19.8. The Morgan fingerprint density at radius 1 is 1.36 bits per heavy atom. The third-order valence-corrected chi connectivity index (χ3v) is 4.78. The Kier molecular flexibility index (Phi) is 7.84. The maximum absolute atomic E-state index is 12.0. The molecule has 0 saturated carbocycles.